The van der Waals surface area contributed by atoms with Crippen molar-refractivity contribution in [3.8, 4) is 0 Å². The van der Waals surface area contributed by atoms with Crippen LogP contribution in [0.25, 0.3) is 0 Å². The molecule has 96 valence electrons. The van der Waals surface area contributed by atoms with Gasteiger partial charge in [0.1, 0.15) is 0 Å². The second kappa shape index (κ2) is 7.27. The normalized spacial score (nSPS) is 12.5. The molecule has 0 aliphatic rings. The highest BCUT2D eigenvalue weighted by atomic mass is 16.5. The lowest BCUT2D eigenvalue weighted by atomic mass is 10.1. The first-order valence-corrected chi connectivity index (χ1v) is 5.83. The number of hydrogen-bond donors (Lipinski definition) is 2. The number of benzene rings is 1. The van der Waals surface area contributed by atoms with Gasteiger partial charge in [0.2, 0.25) is 0 Å². The number of nitrogens with zero attached hydrogens (tertiary/aromatic N) is 1. The molecule has 0 heterocycles. The van der Waals surface area contributed by atoms with E-state index < -0.39 is 6.10 Å². The zero-order valence-electron chi connectivity index (χ0n) is 10.5. The summed E-state index contributed by atoms with van der Waals surface area (Å²) in [6.07, 6.45) is -0.480. The fourth-order valence-corrected chi connectivity index (χ4v) is 1.68. The van der Waals surface area contributed by atoms with Crippen molar-refractivity contribution in [2.75, 3.05) is 38.3 Å². The van der Waals surface area contributed by atoms with E-state index in [4.69, 9.17) is 9.84 Å². The predicted octanol–water partition coefficient (Wildman–Crippen LogP) is 1.19. The lowest BCUT2D eigenvalue weighted by Crippen LogP contribution is -2.24. The summed E-state index contributed by atoms with van der Waals surface area (Å²) in [7, 11) is 1.96. The molecule has 1 atom stereocenters. The first-order valence-electron chi connectivity index (χ1n) is 5.83. The quantitative estimate of drug-likeness (QED) is 0.702. The molecule has 17 heavy (non-hydrogen) atoms. The van der Waals surface area contributed by atoms with Crippen LogP contribution in [0.4, 0.5) is 5.69 Å². The van der Waals surface area contributed by atoms with Crippen molar-refractivity contribution in [3.63, 3.8) is 0 Å². The number of para-hydroxylation sites is 1. The van der Waals surface area contributed by atoms with E-state index in [0.717, 1.165) is 17.8 Å². The highest BCUT2D eigenvalue weighted by Gasteiger charge is 2.10. The van der Waals surface area contributed by atoms with Crippen molar-refractivity contribution < 1.29 is 14.9 Å². The van der Waals surface area contributed by atoms with Crippen LogP contribution in [0.3, 0.4) is 0 Å². The number of likely N-dealkylation sites (N-methyl/N-ethyl adjacent to an activating group) is 1. The number of aliphatic hydroxyl groups is 2. The molecule has 4 nitrogen and oxygen atoms in total. The first-order chi connectivity index (χ1) is 8.16. The van der Waals surface area contributed by atoms with Crippen LogP contribution < -0.4 is 4.90 Å². The molecule has 0 amide bonds. The molecule has 0 aliphatic heterocycles. The molecule has 0 aliphatic carbocycles. The summed E-state index contributed by atoms with van der Waals surface area (Å²) in [6.45, 7) is 3.46. The van der Waals surface area contributed by atoms with Crippen molar-refractivity contribution in [3.05, 3.63) is 29.8 Å². The Hall–Kier alpha value is -1.10. The van der Waals surface area contributed by atoms with Gasteiger partial charge in [-0.3, -0.25) is 0 Å². The maximum Gasteiger partial charge on any atom is 0.0781 e. The number of hydrogen-bond acceptors (Lipinski definition) is 4. The SMILES string of the molecule is C[C@H](O)c1ccccc1N(C)CCOCCO. The van der Waals surface area contributed by atoms with Gasteiger partial charge in [-0.15, -0.1) is 0 Å². The average Bonchev–Trinajstić information content (AvgIpc) is 2.34. The lowest BCUT2D eigenvalue weighted by Gasteiger charge is -2.23. The zero-order chi connectivity index (χ0) is 12.7. The smallest absolute Gasteiger partial charge is 0.0781 e. The van der Waals surface area contributed by atoms with E-state index in [9.17, 15) is 5.11 Å². The third-order valence-corrected chi connectivity index (χ3v) is 2.60. The van der Waals surface area contributed by atoms with Crippen LogP contribution in [0.2, 0.25) is 0 Å². The second-order valence-electron chi connectivity index (χ2n) is 3.99. The Kier molecular flexibility index (Phi) is 5.97. The Labute approximate surface area is 102 Å². The van der Waals surface area contributed by atoms with Gasteiger partial charge >= 0.3 is 0 Å². The molecule has 4 heteroatoms. The van der Waals surface area contributed by atoms with Crippen LogP contribution >= 0.6 is 0 Å². The molecule has 0 fully saturated rings. The van der Waals surface area contributed by atoms with E-state index >= 15 is 0 Å². The van der Waals surface area contributed by atoms with Gasteiger partial charge in [-0.25, -0.2) is 0 Å². The molecule has 0 bridgehead atoms. The maximum absolute atomic E-state index is 9.67. The predicted molar refractivity (Wildman–Crippen MR) is 68.3 cm³/mol. The molecule has 1 aromatic carbocycles. The van der Waals surface area contributed by atoms with Crippen LogP contribution in [0, 0.1) is 0 Å². The summed E-state index contributed by atoms with van der Waals surface area (Å²) in [5, 5.41) is 18.3. The Morgan fingerprint density at radius 1 is 1.29 bits per heavy atom. The molecular formula is C13H21NO3. The minimum atomic E-state index is -0.480. The summed E-state index contributed by atoms with van der Waals surface area (Å²) < 4.78 is 5.22. The van der Waals surface area contributed by atoms with Crippen molar-refractivity contribution in [1.82, 2.24) is 0 Å². The molecule has 1 rings (SSSR count). The third-order valence-electron chi connectivity index (χ3n) is 2.60. The summed E-state index contributed by atoms with van der Waals surface area (Å²) in [6, 6.07) is 7.77. The van der Waals surface area contributed by atoms with Crippen molar-refractivity contribution in [2.45, 2.75) is 13.0 Å². The minimum Gasteiger partial charge on any atom is -0.394 e. The minimum absolute atomic E-state index is 0.0496. The highest BCUT2D eigenvalue weighted by Crippen LogP contribution is 2.24. The summed E-state index contributed by atoms with van der Waals surface area (Å²) >= 11 is 0. The van der Waals surface area contributed by atoms with Crippen LogP contribution in [0.5, 0.6) is 0 Å². The number of rotatable bonds is 7. The van der Waals surface area contributed by atoms with Gasteiger partial charge in [-0.1, -0.05) is 18.2 Å². The monoisotopic (exact) mass is 239 g/mol. The largest absolute Gasteiger partial charge is 0.394 e. The first kappa shape index (κ1) is 14.0. The zero-order valence-corrected chi connectivity index (χ0v) is 10.5. The van der Waals surface area contributed by atoms with E-state index in [1.165, 1.54) is 0 Å². The van der Waals surface area contributed by atoms with Crippen LogP contribution in [0.1, 0.15) is 18.6 Å². The van der Waals surface area contributed by atoms with Gasteiger partial charge in [-0.2, -0.15) is 0 Å². The van der Waals surface area contributed by atoms with Crippen LogP contribution in [-0.2, 0) is 4.74 Å². The van der Waals surface area contributed by atoms with Gasteiger partial charge in [-0.05, 0) is 13.0 Å². The van der Waals surface area contributed by atoms with Crippen molar-refractivity contribution >= 4 is 5.69 Å². The second-order valence-corrected chi connectivity index (χ2v) is 3.99. The fraction of sp³-hybridized carbons (Fsp3) is 0.538. The van der Waals surface area contributed by atoms with Crippen LogP contribution in [-0.4, -0.2) is 43.6 Å². The molecule has 0 saturated heterocycles. The van der Waals surface area contributed by atoms with Gasteiger partial charge < -0.3 is 19.8 Å². The Morgan fingerprint density at radius 2 is 2.00 bits per heavy atom. The molecule has 2 N–H and O–H groups in total. The lowest BCUT2D eigenvalue weighted by molar-refractivity contribution is 0.0970. The number of aliphatic hydroxyl groups excluding tert-OH is 2. The summed E-state index contributed by atoms with van der Waals surface area (Å²) in [4.78, 5) is 2.04. The number of ether oxygens (including phenoxy) is 1. The van der Waals surface area contributed by atoms with E-state index in [0.29, 0.717) is 13.2 Å². The Morgan fingerprint density at radius 3 is 2.65 bits per heavy atom. The molecule has 0 unspecified atom stereocenters. The van der Waals surface area contributed by atoms with Gasteiger partial charge in [0, 0.05) is 24.8 Å². The van der Waals surface area contributed by atoms with E-state index in [2.05, 4.69) is 0 Å². The summed E-state index contributed by atoms with van der Waals surface area (Å²) in [5.74, 6) is 0. The highest BCUT2D eigenvalue weighted by molar-refractivity contribution is 5.53. The van der Waals surface area contributed by atoms with Crippen molar-refractivity contribution in [1.29, 1.82) is 0 Å². The topological polar surface area (TPSA) is 52.9 Å². The maximum atomic E-state index is 9.67. The van der Waals surface area contributed by atoms with E-state index in [1.54, 1.807) is 6.92 Å². The third kappa shape index (κ3) is 4.34. The van der Waals surface area contributed by atoms with Gasteiger partial charge in [0.05, 0.1) is 25.9 Å². The fourth-order valence-electron chi connectivity index (χ4n) is 1.68. The molecule has 0 aromatic heterocycles. The molecule has 1 aromatic rings. The average molecular weight is 239 g/mol. The van der Waals surface area contributed by atoms with E-state index in [-0.39, 0.29) is 6.61 Å². The summed E-state index contributed by atoms with van der Waals surface area (Å²) in [5.41, 5.74) is 1.92. The standard InChI is InChI=1S/C13H21NO3/c1-11(16)12-5-3-4-6-13(12)14(2)7-9-17-10-8-15/h3-6,11,15-16H,7-10H2,1-2H3/t11-/m0/s1. The molecular weight excluding hydrogens is 218 g/mol. The molecule has 0 spiro atoms. The van der Waals surface area contributed by atoms with Gasteiger partial charge in [0.15, 0.2) is 0 Å². The molecule has 0 radical (unpaired) electrons. The van der Waals surface area contributed by atoms with E-state index in [1.807, 2.05) is 36.2 Å². The Balaban J connectivity index is 2.58. The van der Waals surface area contributed by atoms with Crippen LogP contribution in [0.15, 0.2) is 24.3 Å². The molecule has 0 saturated carbocycles. The van der Waals surface area contributed by atoms with Crippen molar-refractivity contribution in [2.24, 2.45) is 0 Å². The number of anilines is 1. The Bertz CT molecular complexity index is 328. The van der Waals surface area contributed by atoms with Gasteiger partial charge in [0.25, 0.3) is 0 Å².